The van der Waals surface area contributed by atoms with Crippen LogP contribution in [0, 0.1) is 0 Å². The lowest BCUT2D eigenvalue weighted by molar-refractivity contribution is -0.140. The fourth-order valence-electron chi connectivity index (χ4n) is 3.01. The Morgan fingerprint density at radius 2 is 1.64 bits per heavy atom. The zero-order valence-corrected chi connectivity index (χ0v) is 15.6. The van der Waals surface area contributed by atoms with Crippen LogP contribution in [0.25, 0.3) is 10.8 Å². The molecule has 0 radical (unpaired) electrons. The minimum atomic E-state index is -0.555. The summed E-state index contributed by atoms with van der Waals surface area (Å²) in [6.45, 7) is 1.80. The number of ether oxygens (including phenoxy) is 2. The summed E-state index contributed by atoms with van der Waals surface area (Å²) in [7, 11) is 0. The molecule has 0 spiro atoms. The smallest absolute Gasteiger partial charge is 0.411 e. The van der Waals surface area contributed by atoms with E-state index in [-0.39, 0.29) is 19.2 Å². The number of hydrogen-bond acceptors (Lipinski definition) is 5. The zero-order valence-electron chi connectivity index (χ0n) is 15.6. The van der Waals surface area contributed by atoms with E-state index in [0.29, 0.717) is 17.8 Å². The van der Waals surface area contributed by atoms with Gasteiger partial charge in [-0.3, -0.25) is 10.1 Å². The third-order valence-corrected chi connectivity index (χ3v) is 4.30. The molecule has 144 valence electrons. The standard InChI is InChI=1S/C22H22N2O4/c1-15(25)27-12-11-18-17-9-5-6-10-19(17)21(13-20(18)23)24-22(26)28-14-16-7-3-2-4-8-16/h2-10,13H,11-12,14,23H2,1H3,(H,24,26). The first-order valence-electron chi connectivity index (χ1n) is 8.96. The second-order valence-corrected chi connectivity index (χ2v) is 6.31. The summed E-state index contributed by atoms with van der Waals surface area (Å²) in [4.78, 5) is 23.2. The summed E-state index contributed by atoms with van der Waals surface area (Å²) in [5.41, 5.74) is 9.08. The topological polar surface area (TPSA) is 90.6 Å². The van der Waals surface area contributed by atoms with Crippen LogP contribution in [0.5, 0.6) is 0 Å². The first kappa shape index (κ1) is 19.2. The highest BCUT2D eigenvalue weighted by Crippen LogP contribution is 2.32. The van der Waals surface area contributed by atoms with E-state index >= 15 is 0 Å². The molecule has 0 aliphatic heterocycles. The van der Waals surface area contributed by atoms with Gasteiger partial charge in [-0.15, -0.1) is 0 Å². The Morgan fingerprint density at radius 3 is 2.36 bits per heavy atom. The number of nitrogens with one attached hydrogen (secondary N) is 1. The normalized spacial score (nSPS) is 10.5. The summed E-state index contributed by atoms with van der Waals surface area (Å²) in [6.07, 6.45) is -0.0638. The van der Waals surface area contributed by atoms with Crippen molar-refractivity contribution in [3.05, 3.63) is 71.8 Å². The molecule has 0 aliphatic carbocycles. The van der Waals surface area contributed by atoms with Crippen molar-refractivity contribution >= 4 is 34.2 Å². The van der Waals surface area contributed by atoms with Crippen molar-refractivity contribution in [1.29, 1.82) is 0 Å². The van der Waals surface area contributed by atoms with Gasteiger partial charge in [0, 0.05) is 24.4 Å². The van der Waals surface area contributed by atoms with Gasteiger partial charge in [0.05, 0.1) is 12.3 Å². The number of carbonyl (C=O) groups is 2. The molecule has 0 heterocycles. The number of nitrogens with two attached hydrogens (primary N) is 1. The SMILES string of the molecule is CC(=O)OCCc1c(N)cc(NC(=O)OCc2ccccc2)c2ccccc12. The number of nitrogen functional groups attached to an aromatic ring is 1. The Labute approximate surface area is 163 Å². The molecule has 0 bridgehead atoms. The van der Waals surface area contributed by atoms with Crippen molar-refractivity contribution in [3.8, 4) is 0 Å². The van der Waals surface area contributed by atoms with Gasteiger partial charge < -0.3 is 15.2 Å². The molecule has 3 aromatic rings. The number of fused-ring (bicyclic) bond motifs is 1. The Hall–Kier alpha value is -3.54. The number of rotatable bonds is 6. The molecule has 28 heavy (non-hydrogen) atoms. The molecule has 0 saturated carbocycles. The van der Waals surface area contributed by atoms with Crippen molar-refractivity contribution < 1.29 is 19.1 Å². The molecule has 6 heteroatoms. The Morgan fingerprint density at radius 1 is 0.964 bits per heavy atom. The third kappa shape index (κ3) is 4.79. The van der Waals surface area contributed by atoms with Gasteiger partial charge in [0.25, 0.3) is 0 Å². The molecule has 0 aromatic heterocycles. The molecule has 3 N–H and O–H groups in total. The summed E-state index contributed by atoms with van der Waals surface area (Å²) >= 11 is 0. The molecule has 0 fully saturated rings. The van der Waals surface area contributed by atoms with E-state index in [1.807, 2.05) is 54.6 Å². The summed E-state index contributed by atoms with van der Waals surface area (Å²) in [6, 6.07) is 18.8. The van der Waals surface area contributed by atoms with Crippen LogP contribution >= 0.6 is 0 Å². The Bertz CT molecular complexity index is 986. The molecule has 0 saturated heterocycles. The van der Waals surface area contributed by atoms with Gasteiger partial charge in [-0.1, -0.05) is 54.6 Å². The lowest BCUT2D eigenvalue weighted by atomic mass is 9.99. The van der Waals surface area contributed by atoms with Crippen molar-refractivity contribution in [2.24, 2.45) is 0 Å². The van der Waals surface area contributed by atoms with Gasteiger partial charge in [0.2, 0.25) is 0 Å². The minimum Gasteiger partial charge on any atom is -0.466 e. The van der Waals surface area contributed by atoms with Gasteiger partial charge in [0.15, 0.2) is 0 Å². The Balaban J connectivity index is 1.78. The van der Waals surface area contributed by atoms with Crippen LogP contribution in [-0.2, 0) is 27.3 Å². The highest BCUT2D eigenvalue weighted by molar-refractivity contribution is 6.04. The molecular formula is C22H22N2O4. The Kier molecular flexibility index (Phi) is 6.11. The van der Waals surface area contributed by atoms with Gasteiger partial charge in [-0.05, 0) is 22.6 Å². The van der Waals surface area contributed by atoms with Gasteiger partial charge in [-0.25, -0.2) is 4.79 Å². The van der Waals surface area contributed by atoms with E-state index in [1.54, 1.807) is 6.07 Å². The fraction of sp³-hybridized carbons (Fsp3) is 0.182. The summed E-state index contributed by atoms with van der Waals surface area (Å²) < 4.78 is 10.3. The zero-order chi connectivity index (χ0) is 19.9. The molecule has 3 aromatic carbocycles. The predicted octanol–water partition coefficient (Wildman–Crippen LogP) is 4.28. The molecule has 1 amide bonds. The number of amides is 1. The summed E-state index contributed by atoms with van der Waals surface area (Å²) in [5, 5.41) is 4.51. The average Bonchev–Trinajstić information content (AvgIpc) is 2.69. The van der Waals surface area contributed by atoms with Crippen LogP contribution in [-0.4, -0.2) is 18.7 Å². The number of carbonyl (C=O) groups excluding carboxylic acids is 2. The van der Waals surface area contributed by atoms with E-state index in [9.17, 15) is 9.59 Å². The molecular weight excluding hydrogens is 356 g/mol. The maximum atomic E-state index is 12.2. The monoisotopic (exact) mass is 378 g/mol. The van der Waals surface area contributed by atoms with E-state index < -0.39 is 6.09 Å². The van der Waals surface area contributed by atoms with Crippen LogP contribution in [0.3, 0.4) is 0 Å². The highest BCUT2D eigenvalue weighted by Gasteiger charge is 2.13. The number of hydrogen-bond donors (Lipinski definition) is 2. The minimum absolute atomic E-state index is 0.181. The molecule has 0 atom stereocenters. The first-order valence-corrected chi connectivity index (χ1v) is 8.96. The second kappa shape index (κ2) is 8.90. The van der Waals surface area contributed by atoms with Crippen molar-refractivity contribution in [3.63, 3.8) is 0 Å². The highest BCUT2D eigenvalue weighted by atomic mass is 16.5. The van der Waals surface area contributed by atoms with E-state index in [1.165, 1.54) is 6.92 Å². The molecule has 3 rings (SSSR count). The number of esters is 1. The van der Waals surface area contributed by atoms with Crippen LogP contribution in [0.15, 0.2) is 60.7 Å². The van der Waals surface area contributed by atoms with Crippen LogP contribution in [0.1, 0.15) is 18.1 Å². The van der Waals surface area contributed by atoms with Crippen LogP contribution in [0.2, 0.25) is 0 Å². The van der Waals surface area contributed by atoms with Crippen molar-refractivity contribution in [1.82, 2.24) is 0 Å². The van der Waals surface area contributed by atoms with Gasteiger partial charge in [-0.2, -0.15) is 0 Å². The number of benzene rings is 3. The van der Waals surface area contributed by atoms with Crippen LogP contribution in [0.4, 0.5) is 16.2 Å². The fourth-order valence-corrected chi connectivity index (χ4v) is 3.01. The molecule has 0 aliphatic rings. The first-order chi connectivity index (χ1) is 13.5. The lowest BCUT2D eigenvalue weighted by Gasteiger charge is -2.15. The lowest BCUT2D eigenvalue weighted by Crippen LogP contribution is -2.14. The van der Waals surface area contributed by atoms with Gasteiger partial charge >= 0.3 is 12.1 Å². The maximum absolute atomic E-state index is 12.2. The maximum Gasteiger partial charge on any atom is 0.411 e. The average molecular weight is 378 g/mol. The molecule has 0 unspecified atom stereocenters. The third-order valence-electron chi connectivity index (χ3n) is 4.30. The van der Waals surface area contributed by atoms with Crippen LogP contribution < -0.4 is 11.1 Å². The summed E-state index contributed by atoms with van der Waals surface area (Å²) in [5.74, 6) is -0.331. The second-order valence-electron chi connectivity index (χ2n) is 6.31. The molecule has 6 nitrogen and oxygen atoms in total. The quantitative estimate of drug-likeness (QED) is 0.494. The predicted molar refractivity (Wildman–Crippen MR) is 109 cm³/mol. The van der Waals surface area contributed by atoms with Crippen molar-refractivity contribution in [2.45, 2.75) is 20.0 Å². The van der Waals surface area contributed by atoms with E-state index in [2.05, 4.69) is 5.32 Å². The van der Waals surface area contributed by atoms with Gasteiger partial charge in [0.1, 0.15) is 6.61 Å². The largest absolute Gasteiger partial charge is 0.466 e. The van der Waals surface area contributed by atoms with E-state index in [0.717, 1.165) is 21.9 Å². The van der Waals surface area contributed by atoms with E-state index in [4.69, 9.17) is 15.2 Å². The van der Waals surface area contributed by atoms with Crippen molar-refractivity contribution in [2.75, 3.05) is 17.7 Å². The number of anilines is 2.